The van der Waals surface area contributed by atoms with Crippen LogP contribution >= 0.6 is 24.2 Å². The number of hydrogen-bond donors (Lipinski definition) is 4. The lowest BCUT2D eigenvalue weighted by Gasteiger charge is -2.34. The van der Waals surface area contributed by atoms with E-state index in [1.807, 2.05) is 29.2 Å². The van der Waals surface area contributed by atoms with E-state index in [-0.39, 0.29) is 24.7 Å². The van der Waals surface area contributed by atoms with Crippen LogP contribution < -0.4 is 11.1 Å². The number of hydrogen-bond acceptors (Lipinski definition) is 6. The molecule has 1 aliphatic rings. The molecule has 2 aromatic rings. The summed E-state index contributed by atoms with van der Waals surface area (Å²) in [5.74, 6) is -1.49. The van der Waals surface area contributed by atoms with Crippen molar-refractivity contribution in [3.05, 3.63) is 64.7 Å². The van der Waals surface area contributed by atoms with Crippen LogP contribution in [0.25, 0.3) is 0 Å². The molecule has 0 saturated carbocycles. The van der Waals surface area contributed by atoms with E-state index in [1.165, 1.54) is 5.56 Å². The van der Waals surface area contributed by atoms with Gasteiger partial charge in [0.05, 0.1) is 5.25 Å². The molecule has 2 amide bonds. The van der Waals surface area contributed by atoms with Gasteiger partial charge in [-0.2, -0.15) is 12.6 Å². The van der Waals surface area contributed by atoms with E-state index in [1.54, 1.807) is 24.3 Å². The number of carbonyl (C=O) groups is 3. The fraction of sp³-hybridized carbons (Fsp3) is 0.400. The first-order valence-corrected chi connectivity index (χ1v) is 12.5. The molecule has 8 nitrogen and oxygen atoms in total. The van der Waals surface area contributed by atoms with Crippen molar-refractivity contribution < 1.29 is 19.5 Å². The smallest absolute Gasteiger partial charge is 0.320 e. The van der Waals surface area contributed by atoms with E-state index >= 15 is 0 Å². The number of nitrogens with two attached hydrogens (primary N) is 1. The molecule has 2 aromatic carbocycles. The molecular weight excluding hydrogens is 488 g/mol. The predicted molar refractivity (Wildman–Crippen MR) is 140 cm³/mol. The summed E-state index contributed by atoms with van der Waals surface area (Å²) >= 11 is 10.2. The van der Waals surface area contributed by atoms with Gasteiger partial charge in [0.15, 0.2) is 0 Å². The average Bonchev–Trinajstić information content (AvgIpc) is 2.87. The van der Waals surface area contributed by atoms with Gasteiger partial charge in [0.25, 0.3) is 5.91 Å². The minimum Gasteiger partial charge on any atom is -0.480 e. The fourth-order valence-corrected chi connectivity index (χ4v) is 4.15. The third-order valence-corrected chi connectivity index (χ3v) is 6.80. The summed E-state index contributed by atoms with van der Waals surface area (Å²) in [6.45, 7) is 3.91. The molecule has 4 N–H and O–H groups in total. The minimum atomic E-state index is -1.11. The summed E-state index contributed by atoms with van der Waals surface area (Å²) < 4.78 is 0. The Bertz CT molecular complexity index is 1010. The molecule has 1 heterocycles. The van der Waals surface area contributed by atoms with Gasteiger partial charge in [-0.1, -0.05) is 23.7 Å². The molecule has 3 rings (SSSR count). The van der Waals surface area contributed by atoms with Crippen molar-refractivity contribution in [1.29, 1.82) is 0 Å². The van der Waals surface area contributed by atoms with Crippen LogP contribution in [0, 0.1) is 0 Å². The summed E-state index contributed by atoms with van der Waals surface area (Å²) in [6.07, 6.45) is 1.33. The quantitative estimate of drug-likeness (QED) is 0.359. The van der Waals surface area contributed by atoms with Crippen LogP contribution in [0.5, 0.6) is 0 Å². The lowest BCUT2D eigenvalue weighted by atomic mass is 10.1. The number of amides is 2. The number of carboxylic acids is 1. The normalized spacial score (nSPS) is 15.9. The highest BCUT2D eigenvalue weighted by Gasteiger charge is 2.22. The largest absolute Gasteiger partial charge is 0.480 e. The molecule has 188 valence electrons. The highest BCUT2D eigenvalue weighted by atomic mass is 35.5. The van der Waals surface area contributed by atoms with Crippen molar-refractivity contribution in [3.8, 4) is 0 Å². The Hall–Kier alpha value is -2.59. The number of carbonyl (C=O) groups excluding carboxylic acids is 2. The Morgan fingerprint density at radius 2 is 1.63 bits per heavy atom. The maximum absolute atomic E-state index is 12.9. The van der Waals surface area contributed by atoms with Crippen molar-refractivity contribution in [2.24, 2.45) is 5.73 Å². The molecule has 1 saturated heterocycles. The molecule has 0 bridgehead atoms. The summed E-state index contributed by atoms with van der Waals surface area (Å²) in [7, 11) is 0. The highest BCUT2D eigenvalue weighted by Crippen LogP contribution is 2.16. The van der Waals surface area contributed by atoms with Gasteiger partial charge in [-0.3, -0.25) is 19.3 Å². The SMILES string of the molecule is NC(CCC(S)C(=O)Nc1ccc(C(=O)N2CCN(CCc3ccc(Cl)cc3)CC2)cc1)C(=O)O. The van der Waals surface area contributed by atoms with Crippen molar-refractivity contribution in [2.45, 2.75) is 30.6 Å². The molecule has 2 unspecified atom stereocenters. The fourth-order valence-electron chi connectivity index (χ4n) is 3.81. The Kier molecular flexibility index (Phi) is 9.97. The van der Waals surface area contributed by atoms with Gasteiger partial charge >= 0.3 is 5.97 Å². The van der Waals surface area contributed by atoms with Crippen LogP contribution in [-0.2, 0) is 16.0 Å². The molecule has 0 aliphatic carbocycles. The van der Waals surface area contributed by atoms with Gasteiger partial charge in [-0.05, 0) is 61.2 Å². The molecule has 0 aromatic heterocycles. The summed E-state index contributed by atoms with van der Waals surface area (Å²) in [5.41, 5.74) is 7.82. The first-order chi connectivity index (χ1) is 16.7. The van der Waals surface area contributed by atoms with Crippen LogP contribution in [0.4, 0.5) is 5.69 Å². The second-order valence-electron chi connectivity index (χ2n) is 8.61. The van der Waals surface area contributed by atoms with Crippen LogP contribution in [0.3, 0.4) is 0 Å². The number of aliphatic carboxylic acids is 1. The lowest BCUT2D eigenvalue weighted by molar-refractivity contribution is -0.138. The van der Waals surface area contributed by atoms with Gasteiger partial charge in [-0.25, -0.2) is 0 Å². The van der Waals surface area contributed by atoms with E-state index in [4.69, 9.17) is 22.4 Å². The number of thiol groups is 1. The maximum atomic E-state index is 12.9. The number of halogens is 1. The lowest BCUT2D eigenvalue weighted by Crippen LogP contribution is -2.49. The van der Waals surface area contributed by atoms with E-state index in [0.717, 1.165) is 31.1 Å². The Morgan fingerprint density at radius 1 is 1.00 bits per heavy atom. The summed E-state index contributed by atoms with van der Waals surface area (Å²) in [6, 6.07) is 13.6. The molecule has 35 heavy (non-hydrogen) atoms. The van der Waals surface area contributed by atoms with Crippen molar-refractivity contribution in [1.82, 2.24) is 9.80 Å². The molecular formula is C25H31ClN4O4S. The molecule has 1 aliphatic heterocycles. The van der Waals surface area contributed by atoms with Gasteiger partial charge in [-0.15, -0.1) is 0 Å². The Balaban J connectivity index is 1.43. The minimum absolute atomic E-state index is 0.0324. The van der Waals surface area contributed by atoms with Crippen molar-refractivity contribution >= 4 is 47.7 Å². The summed E-state index contributed by atoms with van der Waals surface area (Å²) in [4.78, 5) is 40.2. The van der Waals surface area contributed by atoms with Crippen LogP contribution in [-0.4, -0.2) is 76.7 Å². The van der Waals surface area contributed by atoms with Crippen LogP contribution in [0.2, 0.25) is 5.02 Å². The second-order valence-corrected chi connectivity index (χ2v) is 9.67. The van der Waals surface area contributed by atoms with E-state index in [9.17, 15) is 14.4 Å². The zero-order valence-corrected chi connectivity index (χ0v) is 21.0. The van der Waals surface area contributed by atoms with E-state index < -0.39 is 17.3 Å². The first-order valence-electron chi connectivity index (χ1n) is 11.6. The number of carboxylic acid groups (broad SMARTS) is 1. The average molecular weight is 519 g/mol. The number of rotatable bonds is 10. The van der Waals surface area contributed by atoms with Crippen LogP contribution in [0.1, 0.15) is 28.8 Å². The van der Waals surface area contributed by atoms with E-state index in [2.05, 4.69) is 22.8 Å². The number of nitrogens with zero attached hydrogens (tertiary/aromatic N) is 2. The van der Waals surface area contributed by atoms with Crippen molar-refractivity contribution in [2.75, 3.05) is 38.0 Å². The molecule has 0 radical (unpaired) electrons. The number of anilines is 1. The number of piperazine rings is 1. The van der Waals surface area contributed by atoms with Crippen LogP contribution in [0.15, 0.2) is 48.5 Å². The predicted octanol–water partition coefficient (Wildman–Crippen LogP) is 2.77. The zero-order chi connectivity index (χ0) is 25.4. The van der Waals surface area contributed by atoms with Gasteiger partial charge in [0.1, 0.15) is 6.04 Å². The van der Waals surface area contributed by atoms with Gasteiger partial charge < -0.3 is 21.1 Å². The number of nitrogens with one attached hydrogen (secondary N) is 1. The standard InChI is InChI=1S/C25H31ClN4O4S/c26-19-5-1-17(2-6-19)11-12-29-13-15-30(16-14-29)24(32)18-3-7-20(8-4-18)28-23(31)22(35)10-9-21(27)25(33)34/h1-8,21-22,35H,9-16,27H2,(H,28,31)(H,33,34). The van der Waals surface area contributed by atoms with Gasteiger partial charge in [0.2, 0.25) is 5.91 Å². The molecule has 0 spiro atoms. The van der Waals surface area contributed by atoms with Crippen molar-refractivity contribution in [3.63, 3.8) is 0 Å². The molecule has 10 heteroatoms. The van der Waals surface area contributed by atoms with Gasteiger partial charge in [0, 0.05) is 49.0 Å². The Morgan fingerprint density at radius 3 is 2.23 bits per heavy atom. The third kappa shape index (κ3) is 8.24. The number of benzene rings is 2. The zero-order valence-electron chi connectivity index (χ0n) is 19.4. The first kappa shape index (κ1) is 27.0. The Labute approximate surface area is 215 Å². The second kappa shape index (κ2) is 12.9. The summed E-state index contributed by atoms with van der Waals surface area (Å²) in [5, 5.41) is 11.6. The highest BCUT2D eigenvalue weighted by molar-refractivity contribution is 7.81. The molecule has 1 fully saturated rings. The monoisotopic (exact) mass is 518 g/mol. The maximum Gasteiger partial charge on any atom is 0.320 e. The van der Waals surface area contributed by atoms with E-state index in [0.29, 0.717) is 24.3 Å². The third-order valence-electron chi connectivity index (χ3n) is 6.06. The molecule has 2 atom stereocenters. The topological polar surface area (TPSA) is 116 Å².